The second-order valence-electron chi connectivity index (χ2n) is 4.20. The van der Waals surface area contributed by atoms with Gasteiger partial charge in [0.1, 0.15) is 0 Å². The summed E-state index contributed by atoms with van der Waals surface area (Å²) in [5.74, 6) is 0. The first-order chi connectivity index (χ1) is 9.36. The predicted molar refractivity (Wildman–Crippen MR) is 84.5 cm³/mol. The molecule has 0 saturated carbocycles. The number of hydrogen-bond acceptors (Lipinski definition) is 1. The van der Waals surface area contributed by atoms with Crippen molar-refractivity contribution in [3.63, 3.8) is 0 Å². The number of ether oxygens (including phenoxy) is 1. The van der Waals surface area contributed by atoms with E-state index in [1.54, 1.807) is 7.11 Å². The molecule has 0 atom stereocenters. The Labute approximate surface area is 116 Å². The highest BCUT2D eigenvalue weighted by Gasteiger charge is 2.17. The van der Waals surface area contributed by atoms with E-state index < -0.39 is 7.92 Å². The van der Waals surface area contributed by atoms with Crippen molar-refractivity contribution in [2.45, 2.75) is 13.3 Å². The lowest BCUT2D eigenvalue weighted by Gasteiger charge is -2.21. The quantitative estimate of drug-likeness (QED) is 0.589. The van der Waals surface area contributed by atoms with Gasteiger partial charge in [0, 0.05) is 0 Å². The Hall–Kier alpha value is -1.59. The Morgan fingerprint density at radius 1 is 0.947 bits per heavy atom. The lowest BCUT2D eigenvalue weighted by molar-refractivity contribution is 0.335. The van der Waals surface area contributed by atoms with Gasteiger partial charge in [-0.2, -0.15) is 0 Å². The Morgan fingerprint density at radius 3 is 1.79 bits per heavy atom. The van der Waals surface area contributed by atoms with E-state index in [-0.39, 0.29) is 0 Å². The van der Waals surface area contributed by atoms with Crippen LogP contribution < -0.4 is 10.6 Å². The second-order valence-corrected chi connectivity index (χ2v) is 6.48. The molecule has 2 aromatic rings. The monoisotopic (exact) mass is 270 g/mol. The summed E-state index contributed by atoms with van der Waals surface area (Å²) in [6, 6.07) is 21.4. The van der Waals surface area contributed by atoms with Gasteiger partial charge in [-0.1, -0.05) is 67.6 Å². The topological polar surface area (TPSA) is 9.23 Å². The zero-order chi connectivity index (χ0) is 13.5. The van der Waals surface area contributed by atoms with Gasteiger partial charge in [-0.25, -0.2) is 0 Å². The number of benzene rings is 2. The fourth-order valence-corrected chi connectivity index (χ4v) is 4.49. The van der Waals surface area contributed by atoms with Gasteiger partial charge in [0.25, 0.3) is 0 Å². The highest BCUT2D eigenvalue weighted by Crippen LogP contribution is 2.44. The Kier molecular flexibility index (Phi) is 5.18. The minimum absolute atomic E-state index is 0.484. The molecule has 2 heteroatoms. The van der Waals surface area contributed by atoms with Crippen LogP contribution in [0.2, 0.25) is 0 Å². The summed E-state index contributed by atoms with van der Waals surface area (Å²) in [5.41, 5.74) is 0. The molecule has 0 radical (unpaired) electrons. The Morgan fingerprint density at radius 2 is 1.42 bits per heavy atom. The summed E-state index contributed by atoms with van der Waals surface area (Å²) in [7, 11) is 1.24. The number of methoxy groups -OCH3 is 1. The average molecular weight is 270 g/mol. The summed E-state index contributed by atoms with van der Waals surface area (Å²) in [6.07, 6.45) is 2.91. The Balaban J connectivity index is 2.48. The molecule has 19 heavy (non-hydrogen) atoms. The van der Waals surface area contributed by atoms with Crippen molar-refractivity contribution in [3.8, 4) is 0 Å². The summed E-state index contributed by atoms with van der Waals surface area (Å²) in [6.45, 7) is 2.19. The van der Waals surface area contributed by atoms with E-state index in [1.807, 2.05) is 6.26 Å². The molecule has 0 unspecified atom stereocenters. The second kappa shape index (κ2) is 7.11. The maximum Gasteiger partial charge on any atom is 0.0867 e. The van der Waals surface area contributed by atoms with E-state index in [1.165, 1.54) is 15.9 Å². The van der Waals surface area contributed by atoms with E-state index in [0.717, 1.165) is 6.42 Å². The zero-order valence-corrected chi connectivity index (χ0v) is 12.3. The van der Waals surface area contributed by atoms with Crippen molar-refractivity contribution in [2.24, 2.45) is 0 Å². The lowest BCUT2D eigenvalue weighted by Crippen LogP contribution is -2.12. The van der Waals surface area contributed by atoms with Gasteiger partial charge in [-0.05, 0) is 30.3 Å². The summed E-state index contributed by atoms with van der Waals surface area (Å²) >= 11 is 0. The van der Waals surface area contributed by atoms with Gasteiger partial charge in [0.2, 0.25) is 0 Å². The van der Waals surface area contributed by atoms with Gasteiger partial charge in [-0.15, -0.1) is 0 Å². The van der Waals surface area contributed by atoms with E-state index in [9.17, 15) is 0 Å². The molecule has 1 nitrogen and oxygen atoms in total. The average Bonchev–Trinajstić information content (AvgIpc) is 2.49. The van der Waals surface area contributed by atoms with Crippen LogP contribution in [0.25, 0.3) is 0 Å². The molecular formula is C17H19OP. The molecule has 0 bridgehead atoms. The van der Waals surface area contributed by atoms with Crippen molar-refractivity contribution in [1.82, 2.24) is 0 Å². The molecule has 0 aliphatic rings. The molecule has 0 aliphatic carbocycles. The largest absolute Gasteiger partial charge is 0.504 e. The predicted octanol–water partition coefficient (Wildman–Crippen LogP) is 4.02. The van der Waals surface area contributed by atoms with Crippen molar-refractivity contribution < 1.29 is 4.74 Å². The first kappa shape index (κ1) is 13.8. The van der Waals surface area contributed by atoms with Gasteiger partial charge in [0.15, 0.2) is 0 Å². The van der Waals surface area contributed by atoms with E-state index >= 15 is 0 Å². The molecule has 0 spiro atoms. The van der Waals surface area contributed by atoms with Crippen LogP contribution in [-0.4, -0.2) is 7.11 Å². The minimum Gasteiger partial charge on any atom is -0.504 e. The van der Waals surface area contributed by atoms with Crippen LogP contribution in [0.3, 0.4) is 0 Å². The third-order valence-corrected chi connectivity index (χ3v) is 5.56. The highest BCUT2D eigenvalue weighted by molar-refractivity contribution is 7.76. The van der Waals surface area contributed by atoms with Crippen LogP contribution in [0.1, 0.15) is 13.3 Å². The van der Waals surface area contributed by atoms with E-state index in [4.69, 9.17) is 4.74 Å². The highest BCUT2D eigenvalue weighted by atomic mass is 31.1. The van der Waals surface area contributed by atoms with Crippen LogP contribution >= 0.6 is 7.92 Å². The van der Waals surface area contributed by atoms with Crippen LogP contribution in [0.5, 0.6) is 0 Å². The van der Waals surface area contributed by atoms with Crippen molar-refractivity contribution in [1.29, 1.82) is 0 Å². The molecule has 0 N–H and O–H groups in total. The lowest BCUT2D eigenvalue weighted by atomic mass is 10.4. The molecule has 2 aromatic carbocycles. The molecule has 0 aliphatic heterocycles. The molecule has 2 rings (SSSR count). The van der Waals surface area contributed by atoms with Gasteiger partial charge >= 0.3 is 0 Å². The third-order valence-electron chi connectivity index (χ3n) is 2.93. The van der Waals surface area contributed by atoms with Crippen LogP contribution in [0.4, 0.5) is 0 Å². The van der Waals surface area contributed by atoms with Crippen LogP contribution in [0, 0.1) is 0 Å². The fraction of sp³-hybridized carbons (Fsp3) is 0.176. The third kappa shape index (κ3) is 3.45. The summed E-state index contributed by atoms with van der Waals surface area (Å²) in [5, 5.41) is 4.10. The van der Waals surface area contributed by atoms with Gasteiger partial charge in [0.05, 0.1) is 13.4 Å². The van der Waals surface area contributed by atoms with Crippen LogP contribution in [0.15, 0.2) is 72.2 Å². The molecule has 0 amide bonds. The van der Waals surface area contributed by atoms with Crippen molar-refractivity contribution >= 4 is 18.5 Å². The number of allylic oxidation sites excluding steroid dienone is 1. The molecule has 98 valence electrons. The van der Waals surface area contributed by atoms with E-state index in [0.29, 0.717) is 0 Å². The van der Waals surface area contributed by atoms with Gasteiger partial charge in [-0.3, -0.25) is 0 Å². The van der Waals surface area contributed by atoms with Gasteiger partial charge < -0.3 is 4.74 Å². The molecule has 0 heterocycles. The number of rotatable bonds is 5. The Bertz CT molecular complexity index is 480. The molecule has 0 saturated heterocycles. The molecule has 0 fully saturated rings. The first-order valence-electron chi connectivity index (χ1n) is 6.49. The molecular weight excluding hydrogens is 251 g/mol. The molecule has 0 aromatic heterocycles. The fourth-order valence-electron chi connectivity index (χ4n) is 2.07. The maximum absolute atomic E-state index is 5.27. The maximum atomic E-state index is 5.27. The normalized spacial score (nSPS) is 11.6. The SMILES string of the molecule is CC/C(=C/OC)P(c1ccccc1)c1ccccc1. The van der Waals surface area contributed by atoms with Crippen molar-refractivity contribution in [2.75, 3.05) is 7.11 Å². The zero-order valence-electron chi connectivity index (χ0n) is 11.4. The smallest absolute Gasteiger partial charge is 0.0867 e. The minimum atomic E-state index is -0.484. The first-order valence-corrected chi connectivity index (χ1v) is 7.83. The summed E-state index contributed by atoms with van der Waals surface area (Å²) < 4.78 is 5.27. The standard InChI is InChI=1S/C17H19OP/c1-3-15(14-18-2)19(16-10-6-4-7-11-16)17-12-8-5-9-13-17/h4-14H,3H2,1-2H3/b15-14-. The van der Waals surface area contributed by atoms with Crippen LogP contribution in [-0.2, 0) is 4.74 Å². The number of hydrogen-bond donors (Lipinski definition) is 0. The summed E-state index contributed by atoms with van der Waals surface area (Å²) in [4.78, 5) is 0. The van der Waals surface area contributed by atoms with Crippen molar-refractivity contribution in [3.05, 3.63) is 72.2 Å². The van der Waals surface area contributed by atoms with E-state index in [2.05, 4.69) is 67.6 Å².